The van der Waals surface area contributed by atoms with Crippen LogP contribution in [0, 0.1) is 6.92 Å². The molecule has 0 aromatic heterocycles. The van der Waals surface area contributed by atoms with Crippen molar-refractivity contribution in [3.05, 3.63) is 77.9 Å². The van der Waals surface area contributed by atoms with Crippen LogP contribution in [-0.4, -0.2) is 18.2 Å². The number of rotatable bonds is 5. The number of fused-ring (bicyclic) bond motifs is 1. The Morgan fingerprint density at radius 2 is 1.76 bits per heavy atom. The third-order valence-electron chi connectivity index (χ3n) is 3.87. The highest BCUT2D eigenvalue weighted by molar-refractivity contribution is 5.85. The summed E-state index contributed by atoms with van der Waals surface area (Å²) in [6, 6.07) is 21.7. The largest absolute Gasteiger partial charge is 0.481 e. The molecule has 0 aliphatic carbocycles. The maximum atomic E-state index is 12.1. The number of benzene rings is 3. The average Bonchev–Trinajstić information content (AvgIpc) is 2.63. The number of hydrazone groups is 1. The lowest BCUT2D eigenvalue weighted by molar-refractivity contribution is -0.127. The van der Waals surface area contributed by atoms with Crippen molar-refractivity contribution in [3.8, 4) is 5.75 Å². The van der Waals surface area contributed by atoms with Gasteiger partial charge in [-0.25, -0.2) is 5.43 Å². The van der Waals surface area contributed by atoms with E-state index < -0.39 is 6.10 Å². The predicted octanol–water partition coefficient (Wildman–Crippen LogP) is 4.07. The first kappa shape index (κ1) is 16.7. The molecular formula is C21H20N2O2. The molecule has 3 aromatic carbocycles. The van der Waals surface area contributed by atoms with Crippen molar-refractivity contribution < 1.29 is 9.53 Å². The van der Waals surface area contributed by atoms with Crippen LogP contribution < -0.4 is 10.2 Å². The number of carbonyl (C=O) groups excluding carboxylic acids is 1. The molecule has 126 valence electrons. The van der Waals surface area contributed by atoms with Gasteiger partial charge in [-0.2, -0.15) is 5.10 Å². The van der Waals surface area contributed by atoms with E-state index >= 15 is 0 Å². The lowest BCUT2D eigenvalue weighted by Gasteiger charge is -2.13. The zero-order chi connectivity index (χ0) is 17.6. The zero-order valence-corrected chi connectivity index (χ0v) is 14.3. The van der Waals surface area contributed by atoms with Gasteiger partial charge in [0.15, 0.2) is 6.10 Å². The van der Waals surface area contributed by atoms with Crippen LogP contribution in [-0.2, 0) is 4.79 Å². The molecule has 0 fully saturated rings. The van der Waals surface area contributed by atoms with E-state index in [0.29, 0.717) is 5.75 Å². The number of aryl methyl sites for hydroxylation is 1. The summed E-state index contributed by atoms with van der Waals surface area (Å²) in [7, 11) is 0. The fraction of sp³-hybridized carbons (Fsp3) is 0.143. The summed E-state index contributed by atoms with van der Waals surface area (Å²) < 4.78 is 5.72. The van der Waals surface area contributed by atoms with Gasteiger partial charge in [-0.3, -0.25) is 4.79 Å². The maximum Gasteiger partial charge on any atom is 0.280 e. The quantitative estimate of drug-likeness (QED) is 0.566. The molecule has 0 bridgehead atoms. The van der Waals surface area contributed by atoms with E-state index in [2.05, 4.69) is 10.5 Å². The molecule has 25 heavy (non-hydrogen) atoms. The lowest BCUT2D eigenvalue weighted by Crippen LogP contribution is -2.33. The summed E-state index contributed by atoms with van der Waals surface area (Å²) in [4.78, 5) is 12.1. The molecule has 0 saturated carbocycles. The van der Waals surface area contributed by atoms with E-state index in [0.717, 1.165) is 16.3 Å². The average molecular weight is 332 g/mol. The van der Waals surface area contributed by atoms with Gasteiger partial charge in [-0.1, -0.05) is 60.2 Å². The monoisotopic (exact) mass is 332 g/mol. The van der Waals surface area contributed by atoms with Gasteiger partial charge in [-0.05, 0) is 42.3 Å². The second-order valence-electron chi connectivity index (χ2n) is 5.91. The molecule has 3 aromatic rings. The zero-order valence-electron chi connectivity index (χ0n) is 14.3. The molecule has 4 heteroatoms. The first-order chi connectivity index (χ1) is 12.1. The Morgan fingerprint density at radius 3 is 2.52 bits per heavy atom. The smallest absolute Gasteiger partial charge is 0.280 e. The summed E-state index contributed by atoms with van der Waals surface area (Å²) in [5.74, 6) is 0.361. The molecule has 0 heterocycles. The van der Waals surface area contributed by atoms with Gasteiger partial charge in [0.2, 0.25) is 0 Å². The van der Waals surface area contributed by atoms with Gasteiger partial charge < -0.3 is 4.74 Å². The predicted molar refractivity (Wildman–Crippen MR) is 101 cm³/mol. The van der Waals surface area contributed by atoms with Crippen LogP contribution in [0.15, 0.2) is 71.8 Å². The van der Waals surface area contributed by atoms with Crippen molar-refractivity contribution in [2.24, 2.45) is 5.10 Å². The SMILES string of the molecule is Cc1ccc(C=NNC(=O)C(C)Oc2ccc3ccccc3c2)cc1. The first-order valence-corrected chi connectivity index (χ1v) is 8.17. The van der Waals surface area contributed by atoms with E-state index in [1.807, 2.05) is 73.7 Å². The highest BCUT2D eigenvalue weighted by Gasteiger charge is 2.14. The van der Waals surface area contributed by atoms with Gasteiger partial charge in [0.1, 0.15) is 5.75 Å². The van der Waals surface area contributed by atoms with Crippen LogP contribution in [0.25, 0.3) is 10.8 Å². The fourth-order valence-electron chi connectivity index (χ4n) is 2.41. The number of ether oxygens (including phenoxy) is 1. The second-order valence-corrected chi connectivity index (χ2v) is 5.91. The van der Waals surface area contributed by atoms with Crippen LogP contribution in [0.3, 0.4) is 0 Å². The molecule has 1 N–H and O–H groups in total. The Morgan fingerprint density at radius 1 is 1.04 bits per heavy atom. The van der Waals surface area contributed by atoms with E-state index in [-0.39, 0.29) is 5.91 Å². The first-order valence-electron chi connectivity index (χ1n) is 8.17. The summed E-state index contributed by atoms with van der Waals surface area (Å²) in [5.41, 5.74) is 4.61. The summed E-state index contributed by atoms with van der Waals surface area (Å²) in [6.45, 7) is 3.72. The van der Waals surface area contributed by atoms with Gasteiger partial charge in [0.05, 0.1) is 6.21 Å². The number of carbonyl (C=O) groups is 1. The van der Waals surface area contributed by atoms with Crippen LogP contribution in [0.4, 0.5) is 0 Å². The molecule has 1 unspecified atom stereocenters. The minimum Gasteiger partial charge on any atom is -0.481 e. The van der Waals surface area contributed by atoms with Crippen LogP contribution in [0.5, 0.6) is 5.75 Å². The van der Waals surface area contributed by atoms with Gasteiger partial charge in [0.25, 0.3) is 5.91 Å². The number of hydrogen-bond donors (Lipinski definition) is 1. The molecule has 4 nitrogen and oxygen atoms in total. The highest BCUT2D eigenvalue weighted by Crippen LogP contribution is 2.21. The highest BCUT2D eigenvalue weighted by atomic mass is 16.5. The Hall–Kier alpha value is -3.14. The van der Waals surface area contributed by atoms with Crippen molar-refractivity contribution in [2.75, 3.05) is 0 Å². The number of nitrogens with one attached hydrogen (secondary N) is 1. The Kier molecular flexibility index (Phi) is 5.09. The number of hydrogen-bond acceptors (Lipinski definition) is 3. The Bertz CT molecular complexity index is 901. The van der Waals surface area contributed by atoms with E-state index in [9.17, 15) is 4.79 Å². The van der Waals surface area contributed by atoms with Crippen molar-refractivity contribution in [3.63, 3.8) is 0 Å². The van der Waals surface area contributed by atoms with E-state index in [1.54, 1.807) is 13.1 Å². The summed E-state index contributed by atoms with van der Waals surface area (Å²) >= 11 is 0. The van der Waals surface area contributed by atoms with Gasteiger partial charge >= 0.3 is 0 Å². The van der Waals surface area contributed by atoms with Crippen LogP contribution in [0.2, 0.25) is 0 Å². The number of nitrogens with zero attached hydrogens (tertiary/aromatic N) is 1. The Balaban J connectivity index is 1.58. The van der Waals surface area contributed by atoms with Crippen molar-refractivity contribution in [1.82, 2.24) is 5.43 Å². The molecule has 0 aliphatic heterocycles. The van der Waals surface area contributed by atoms with Gasteiger partial charge in [0, 0.05) is 0 Å². The van der Waals surface area contributed by atoms with Gasteiger partial charge in [-0.15, -0.1) is 0 Å². The van der Waals surface area contributed by atoms with Crippen LogP contribution in [0.1, 0.15) is 18.1 Å². The summed E-state index contributed by atoms with van der Waals surface area (Å²) in [5, 5.41) is 6.19. The second kappa shape index (κ2) is 7.62. The summed E-state index contributed by atoms with van der Waals surface area (Å²) in [6.07, 6.45) is 0.969. The third-order valence-corrected chi connectivity index (χ3v) is 3.87. The molecular weight excluding hydrogens is 312 g/mol. The van der Waals surface area contributed by atoms with E-state index in [1.165, 1.54) is 5.56 Å². The molecule has 0 radical (unpaired) electrons. The number of amides is 1. The van der Waals surface area contributed by atoms with Crippen molar-refractivity contribution in [2.45, 2.75) is 20.0 Å². The lowest BCUT2D eigenvalue weighted by atomic mass is 10.1. The Labute approximate surface area is 147 Å². The molecule has 1 atom stereocenters. The molecule has 3 rings (SSSR count). The topological polar surface area (TPSA) is 50.7 Å². The minimum atomic E-state index is -0.642. The fourth-order valence-corrected chi connectivity index (χ4v) is 2.41. The molecule has 1 amide bonds. The standard InChI is InChI=1S/C21H20N2O2/c1-15-7-9-17(10-8-15)14-22-23-21(24)16(2)25-20-12-11-18-5-3-4-6-19(18)13-20/h3-14,16H,1-2H3,(H,23,24). The minimum absolute atomic E-state index is 0.295. The molecule has 0 aliphatic rings. The van der Waals surface area contributed by atoms with Crippen molar-refractivity contribution in [1.29, 1.82) is 0 Å². The molecule has 0 saturated heterocycles. The normalized spacial score (nSPS) is 12.2. The maximum absolute atomic E-state index is 12.1. The van der Waals surface area contributed by atoms with Crippen molar-refractivity contribution >= 4 is 22.9 Å². The third kappa shape index (κ3) is 4.44. The van der Waals surface area contributed by atoms with E-state index in [4.69, 9.17) is 4.74 Å². The molecule has 0 spiro atoms. The van der Waals surface area contributed by atoms with Crippen LogP contribution >= 0.6 is 0 Å².